The Morgan fingerprint density at radius 3 is 2.53 bits per heavy atom. The molecule has 1 aliphatic carbocycles. The summed E-state index contributed by atoms with van der Waals surface area (Å²) in [5.41, 5.74) is 1.07. The zero-order chi connectivity index (χ0) is 21.8. The first-order valence-corrected chi connectivity index (χ1v) is 11.2. The van der Waals surface area contributed by atoms with Gasteiger partial charge in [0.1, 0.15) is 11.8 Å². The number of nitriles is 1. The number of rotatable bonds is 7. The van der Waals surface area contributed by atoms with Crippen molar-refractivity contribution < 1.29 is 21.9 Å². The average Bonchev–Trinajstić information content (AvgIpc) is 2.74. The van der Waals surface area contributed by atoms with Gasteiger partial charge in [0.25, 0.3) is 0 Å². The molecule has 0 radical (unpaired) electrons. The van der Waals surface area contributed by atoms with Crippen molar-refractivity contribution >= 4 is 10.0 Å². The predicted octanol–water partition coefficient (Wildman–Crippen LogP) is 3.14. The van der Waals surface area contributed by atoms with Gasteiger partial charge in [-0.05, 0) is 37.6 Å². The number of nitrogens with zero attached hydrogens (tertiary/aromatic N) is 3. The van der Waals surface area contributed by atoms with Gasteiger partial charge >= 0.3 is 0 Å². The van der Waals surface area contributed by atoms with Crippen LogP contribution in [0.25, 0.3) is 11.4 Å². The number of ether oxygens (including phenoxy) is 1. The van der Waals surface area contributed by atoms with E-state index in [4.69, 9.17) is 10.00 Å². The highest BCUT2D eigenvalue weighted by molar-refractivity contribution is 7.89. The van der Waals surface area contributed by atoms with Gasteiger partial charge in [0.05, 0.1) is 17.9 Å². The minimum atomic E-state index is -3.50. The Morgan fingerprint density at radius 1 is 1.27 bits per heavy atom. The maximum Gasteiger partial charge on any atom is 0.248 e. The summed E-state index contributed by atoms with van der Waals surface area (Å²) in [4.78, 5) is 8.23. The SMILES string of the molecule is CCS(=O)(=O)N[C@H]1CCC(F)(F)C[C@@H]1COc1ccc(-c2ncc(C#N)cn2)cc1. The number of alkyl halides is 2. The first kappa shape index (κ1) is 22.1. The molecular formula is C20H22F2N4O3S. The Labute approximate surface area is 174 Å². The van der Waals surface area contributed by atoms with Crippen LogP contribution in [0.15, 0.2) is 36.7 Å². The van der Waals surface area contributed by atoms with Crippen molar-refractivity contribution in [2.45, 2.75) is 38.2 Å². The van der Waals surface area contributed by atoms with Crippen molar-refractivity contribution in [3.8, 4) is 23.2 Å². The second kappa shape index (κ2) is 9.02. The van der Waals surface area contributed by atoms with E-state index in [2.05, 4.69) is 14.7 Å². The van der Waals surface area contributed by atoms with Crippen LogP contribution in [-0.4, -0.2) is 42.7 Å². The molecule has 160 valence electrons. The molecule has 7 nitrogen and oxygen atoms in total. The largest absolute Gasteiger partial charge is 0.493 e. The molecule has 1 N–H and O–H groups in total. The number of nitrogens with one attached hydrogen (secondary N) is 1. The van der Waals surface area contributed by atoms with Gasteiger partial charge in [-0.1, -0.05) is 0 Å². The summed E-state index contributed by atoms with van der Waals surface area (Å²) in [7, 11) is -3.50. The first-order valence-electron chi connectivity index (χ1n) is 9.54. The van der Waals surface area contributed by atoms with Crippen molar-refractivity contribution in [3.05, 3.63) is 42.2 Å². The molecular weight excluding hydrogens is 414 g/mol. The summed E-state index contributed by atoms with van der Waals surface area (Å²) in [5.74, 6) is -2.66. The van der Waals surface area contributed by atoms with E-state index in [9.17, 15) is 17.2 Å². The minimum absolute atomic E-state index is 0.0286. The van der Waals surface area contributed by atoms with Gasteiger partial charge in [-0.15, -0.1) is 0 Å². The zero-order valence-corrected chi connectivity index (χ0v) is 17.2. The molecule has 1 fully saturated rings. The monoisotopic (exact) mass is 436 g/mol. The van der Waals surface area contributed by atoms with Crippen LogP contribution in [0.5, 0.6) is 5.75 Å². The van der Waals surface area contributed by atoms with Crippen LogP contribution in [-0.2, 0) is 10.0 Å². The van der Waals surface area contributed by atoms with Crippen molar-refractivity contribution in [2.75, 3.05) is 12.4 Å². The number of sulfonamides is 1. The van der Waals surface area contributed by atoms with Crippen LogP contribution >= 0.6 is 0 Å². The topological polar surface area (TPSA) is 105 Å². The lowest BCUT2D eigenvalue weighted by atomic mass is 9.83. The molecule has 3 rings (SSSR count). The maximum atomic E-state index is 13.9. The van der Waals surface area contributed by atoms with Crippen LogP contribution in [0.2, 0.25) is 0 Å². The minimum Gasteiger partial charge on any atom is -0.493 e. The van der Waals surface area contributed by atoms with Crippen molar-refractivity contribution in [3.63, 3.8) is 0 Å². The molecule has 0 saturated heterocycles. The lowest BCUT2D eigenvalue weighted by molar-refractivity contribution is -0.0660. The molecule has 0 amide bonds. The Bertz CT molecular complexity index is 1010. The van der Waals surface area contributed by atoms with E-state index in [1.165, 1.54) is 19.3 Å². The Morgan fingerprint density at radius 2 is 1.93 bits per heavy atom. The molecule has 2 atom stereocenters. The van der Waals surface area contributed by atoms with E-state index >= 15 is 0 Å². The van der Waals surface area contributed by atoms with Gasteiger partial charge in [-0.3, -0.25) is 0 Å². The first-order chi connectivity index (χ1) is 14.2. The van der Waals surface area contributed by atoms with Crippen LogP contribution in [0.4, 0.5) is 8.78 Å². The van der Waals surface area contributed by atoms with Crippen LogP contribution in [0, 0.1) is 17.2 Å². The lowest BCUT2D eigenvalue weighted by Crippen LogP contribution is -2.48. The highest BCUT2D eigenvalue weighted by Gasteiger charge is 2.42. The van der Waals surface area contributed by atoms with Crippen molar-refractivity contribution in [1.82, 2.24) is 14.7 Å². The molecule has 1 heterocycles. The van der Waals surface area contributed by atoms with Gasteiger partial charge < -0.3 is 4.74 Å². The third kappa shape index (κ3) is 5.70. The lowest BCUT2D eigenvalue weighted by Gasteiger charge is -2.36. The van der Waals surface area contributed by atoms with E-state index in [1.54, 1.807) is 24.3 Å². The van der Waals surface area contributed by atoms with Gasteiger partial charge in [0.2, 0.25) is 15.9 Å². The Hall–Kier alpha value is -2.64. The fourth-order valence-corrected chi connectivity index (χ4v) is 4.25. The molecule has 10 heteroatoms. The van der Waals surface area contributed by atoms with Gasteiger partial charge in [0, 0.05) is 42.8 Å². The molecule has 0 aliphatic heterocycles. The highest BCUT2D eigenvalue weighted by atomic mass is 32.2. The molecule has 1 aromatic heterocycles. The average molecular weight is 436 g/mol. The molecule has 2 aromatic rings. The fraction of sp³-hybridized carbons (Fsp3) is 0.450. The van der Waals surface area contributed by atoms with Gasteiger partial charge in [-0.2, -0.15) is 5.26 Å². The zero-order valence-electron chi connectivity index (χ0n) is 16.4. The van der Waals surface area contributed by atoms with Crippen molar-refractivity contribution in [2.24, 2.45) is 5.92 Å². The van der Waals surface area contributed by atoms with Gasteiger partial charge in [0.15, 0.2) is 5.82 Å². The summed E-state index contributed by atoms with van der Waals surface area (Å²) in [5, 5.41) is 8.80. The Kier molecular flexibility index (Phi) is 6.63. The smallest absolute Gasteiger partial charge is 0.248 e. The van der Waals surface area contributed by atoms with Crippen molar-refractivity contribution in [1.29, 1.82) is 5.26 Å². The predicted molar refractivity (Wildman–Crippen MR) is 106 cm³/mol. The normalized spacial score (nSPS) is 21.0. The molecule has 30 heavy (non-hydrogen) atoms. The van der Waals surface area contributed by atoms with E-state index in [1.807, 2.05) is 6.07 Å². The van der Waals surface area contributed by atoms with E-state index in [-0.39, 0.29) is 25.2 Å². The number of halogens is 2. The summed E-state index contributed by atoms with van der Waals surface area (Å²) in [6, 6.07) is 8.16. The second-order valence-electron chi connectivity index (χ2n) is 7.23. The highest BCUT2D eigenvalue weighted by Crippen LogP contribution is 2.37. The second-order valence-corrected chi connectivity index (χ2v) is 9.27. The molecule has 1 saturated carbocycles. The molecule has 0 bridgehead atoms. The summed E-state index contributed by atoms with van der Waals surface area (Å²) >= 11 is 0. The quantitative estimate of drug-likeness (QED) is 0.715. The summed E-state index contributed by atoms with van der Waals surface area (Å²) in [6.07, 6.45) is 2.14. The van der Waals surface area contributed by atoms with Gasteiger partial charge in [-0.25, -0.2) is 31.9 Å². The van der Waals surface area contributed by atoms with E-state index in [0.717, 1.165) is 0 Å². The Balaban J connectivity index is 1.66. The number of hydrogen-bond donors (Lipinski definition) is 1. The van der Waals surface area contributed by atoms with E-state index in [0.29, 0.717) is 22.7 Å². The van der Waals surface area contributed by atoms with Crippen LogP contribution in [0.1, 0.15) is 31.7 Å². The molecule has 1 aliphatic rings. The van der Waals surface area contributed by atoms with E-state index < -0.39 is 34.3 Å². The standard InChI is InChI=1S/C20H22F2N4O3S/c1-2-30(27,28)26-18-7-8-20(21,22)9-16(18)13-29-17-5-3-15(4-6-17)19-24-11-14(10-23)12-25-19/h3-6,11-12,16,18,26H,2,7-9,13H2,1H3/t16-,18+/m1/s1. The summed E-state index contributed by atoms with van der Waals surface area (Å²) in [6.45, 7) is 1.48. The fourth-order valence-electron chi connectivity index (χ4n) is 3.31. The van der Waals surface area contributed by atoms with Crippen LogP contribution < -0.4 is 9.46 Å². The third-order valence-corrected chi connectivity index (χ3v) is 6.44. The number of benzene rings is 1. The maximum absolute atomic E-state index is 13.9. The van der Waals surface area contributed by atoms with Crippen LogP contribution in [0.3, 0.4) is 0 Å². The number of hydrogen-bond acceptors (Lipinski definition) is 6. The number of aromatic nitrogens is 2. The molecule has 0 spiro atoms. The molecule has 0 unspecified atom stereocenters. The summed E-state index contributed by atoms with van der Waals surface area (Å²) < 4.78 is 59.8. The third-order valence-electron chi connectivity index (χ3n) is 5.02. The molecule has 1 aromatic carbocycles.